The fourth-order valence-corrected chi connectivity index (χ4v) is 5.68. The van der Waals surface area contributed by atoms with Crippen molar-refractivity contribution in [3.63, 3.8) is 0 Å². The maximum absolute atomic E-state index is 13.7. The lowest BCUT2D eigenvalue weighted by Crippen LogP contribution is -2.64. The van der Waals surface area contributed by atoms with Crippen LogP contribution in [0.3, 0.4) is 0 Å². The fraction of sp³-hybridized carbons (Fsp3) is 0.381. The van der Waals surface area contributed by atoms with E-state index in [0.29, 0.717) is 31.7 Å². The van der Waals surface area contributed by atoms with E-state index in [4.69, 9.17) is 0 Å². The van der Waals surface area contributed by atoms with E-state index in [1.54, 1.807) is 41.3 Å². The molecule has 2 aromatic rings. The second-order valence-corrected chi connectivity index (χ2v) is 9.88. The predicted molar refractivity (Wildman–Crippen MR) is 109 cm³/mol. The van der Waals surface area contributed by atoms with Gasteiger partial charge in [0, 0.05) is 25.3 Å². The van der Waals surface area contributed by atoms with Crippen LogP contribution in [0.4, 0.5) is 10.1 Å². The summed E-state index contributed by atoms with van der Waals surface area (Å²) < 4.78 is 41.4. The number of carbonyl (C=O) groups is 1. The van der Waals surface area contributed by atoms with Crippen LogP contribution < -0.4 is 4.90 Å². The Morgan fingerprint density at radius 1 is 1.07 bits per heavy atom. The third kappa shape index (κ3) is 3.56. The number of halogens is 1. The van der Waals surface area contributed by atoms with E-state index in [1.807, 2.05) is 18.9 Å². The number of nitrogens with zero attached hydrogens (tertiary/aromatic N) is 3. The van der Waals surface area contributed by atoms with E-state index in [1.165, 1.54) is 16.4 Å². The molecule has 29 heavy (non-hydrogen) atoms. The van der Waals surface area contributed by atoms with Gasteiger partial charge in [-0.25, -0.2) is 12.8 Å². The normalized spacial score (nSPS) is 23.8. The number of hydrogen-bond donors (Lipinski definition) is 0. The summed E-state index contributed by atoms with van der Waals surface area (Å²) in [4.78, 5) is 16.4. The molecule has 0 saturated carbocycles. The van der Waals surface area contributed by atoms with Gasteiger partial charge in [-0.15, -0.1) is 0 Å². The monoisotopic (exact) mass is 417 g/mol. The van der Waals surface area contributed by atoms with Crippen LogP contribution in [0, 0.1) is 12.7 Å². The van der Waals surface area contributed by atoms with Crippen LogP contribution in [-0.2, 0) is 14.8 Å². The van der Waals surface area contributed by atoms with Crippen LogP contribution in [0.1, 0.15) is 12.0 Å². The van der Waals surface area contributed by atoms with Crippen molar-refractivity contribution in [3.05, 3.63) is 59.9 Å². The van der Waals surface area contributed by atoms with Gasteiger partial charge in [-0.3, -0.25) is 9.69 Å². The van der Waals surface area contributed by atoms with Crippen LogP contribution in [0.2, 0.25) is 0 Å². The van der Waals surface area contributed by atoms with Crippen molar-refractivity contribution in [1.29, 1.82) is 0 Å². The Labute approximate surface area is 170 Å². The number of amides is 1. The van der Waals surface area contributed by atoms with E-state index in [0.717, 1.165) is 5.56 Å². The molecular formula is C21H24FN3O3S. The average Bonchev–Trinajstić information content (AvgIpc) is 3.11. The lowest BCUT2D eigenvalue weighted by molar-refractivity contribution is -0.123. The molecule has 2 saturated heterocycles. The first-order chi connectivity index (χ1) is 13.7. The van der Waals surface area contributed by atoms with Crippen molar-refractivity contribution < 1.29 is 17.6 Å². The number of anilines is 1. The highest BCUT2D eigenvalue weighted by molar-refractivity contribution is 7.89. The zero-order chi connectivity index (χ0) is 20.8. The number of hydrogen-bond acceptors (Lipinski definition) is 4. The summed E-state index contributed by atoms with van der Waals surface area (Å²) in [7, 11) is -1.76. The molecule has 2 fully saturated rings. The van der Waals surface area contributed by atoms with E-state index in [9.17, 15) is 17.6 Å². The smallest absolute Gasteiger partial charge is 0.243 e. The second kappa shape index (κ2) is 7.19. The highest BCUT2D eigenvalue weighted by Gasteiger charge is 2.50. The van der Waals surface area contributed by atoms with E-state index < -0.39 is 21.4 Å². The first-order valence-corrected chi connectivity index (χ1v) is 11.0. The molecule has 154 valence electrons. The van der Waals surface area contributed by atoms with Gasteiger partial charge in [0.1, 0.15) is 5.82 Å². The molecule has 6 nitrogen and oxygen atoms in total. The Kier molecular flexibility index (Phi) is 4.96. The molecule has 8 heteroatoms. The molecular weight excluding hydrogens is 393 g/mol. The minimum Gasteiger partial charge on any atom is -0.309 e. The molecule has 0 aliphatic carbocycles. The van der Waals surface area contributed by atoms with Gasteiger partial charge in [0.25, 0.3) is 0 Å². The maximum Gasteiger partial charge on any atom is 0.243 e. The van der Waals surface area contributed by atoms with Crippen LogP contribution in [0.5, 0.6) is 0 Å². The van der Waals surface area contributed by atoms with Gasteiger partial charge >= 0.3 is 0 Å². The number of sulfonamides is 1. The van der Waals surface area contributed by atoms with Gasteiger partial charge in [0.15, 0.2) is 0 Å². The Morgan fingerprint density at radius 3 is 2.48 bits per heavy atom. The van der Waals surface area contributed by atoms with Gasteiger partial charge in [0.2, 0.25) is 15.9 Å². The third-order valence-corrected chi connectivity index (χ3v) is 7.87. The summed E-state index contributed by atoms with van der Waals surface area (Å²) in [6, 6.07) is 12.8. The molecule has 0 bridgehead atoms. The number of likely N-dealkylation sites (N-methyl/N-ethyl adjacent to an activating group) is 1. The van der Waals surface area contributed by atoms with E-state index in [-0.39, 0.29) is 17.3 Å². The van der Waals surface area contributed by atoms with Gasteiger partial charge in [-0.1, -0.05) is 23.8 Å². The SMILES string of the molecule is Cc1ccc(S(=O)(=O)N2CC[C@]3(CN(c4cccc(F)c4)C(=O)CN3C)C2)cc1. The van der Waals surface area contributed by atoms with Gasteiger partial charge in [-0.05, 0) is 50.7 Å². The maximum atomic E-state index is 13.7. The number of rotatable bonds is 3. The molecule has 0 unspecified atom stereocenters. The molecule has 0 N–H and O–H groups in total. The predicted octanol–water partition coefficient (Wildman–Crippen LogP) is 2.25. The Morgan fingerprint density at radius 2 is 1.79 bits per heavy atom. The topological polar surface area (TPSA) is 60.9 Å². The van der Waals surface area contributed by atoms with Crippen molar-refractivity contribution >= 4 is 21.6 Å². The number of carbonyl (C=O) groups excluding carboxylic acids is 1. The van der Waals surface area contributed by atoms with Gasteiger partial charge < -0.3 is 4.90 Å². The fourth-order valence-electron chi connectivity index (χ4n) is 4.16. The van der Waals surface area contributed by atoms with Crippen molar-refractivity contribution in [2.24, 2.45) is 0 Å². The molecule has 2 aliphatic heterocycles. The van der Waals surface area contributed by atoms with E-state index in [2.05, 4.69) is 0 Å². The Balaban J connectivity index is 1.61. The van der Waals surface area contributed by atoms with Crippen LogP contribution >= 0.6 is 0 Å². The second-order valence-electron chi connectivity index (χ2n) is 7.94. The van der Waals surface area contributed by atoms with E-state index >= 15 is 0 Å². The molecule has 0 radical (unpaired) electrons. The highest BCUT2D eigenvalue weighted by Crippen LogP contribution is 2.35. The summed E-state index contributed by atoms with van der Waals surface area (Å²) in [5, 5.41) is 0. The summed E-state index contributed by atoms with van der Waals surface area (Å²) in [5.41, 5.74) is 0.998. The van der Waals surface area contributed by atoms with Crippen LogP contribution in [0.15, 0.2) is 53.4 Å². The quantitative estimate of drug-likeness (QED) is 0.769. The summed E-state index contributed by atoms with van der Waals surface area (Å²) >= 11 is 0. The molecule has 1 spiro atoms. The van der Waals surface area contributed by atoms with Gasteiger partial charge in [0.05, 0.1) is 17.0 Å². The van der Waals surface area contributed by atoms with Crippen molar-refractivity contribution in [1.82, 2.24) is 9.21 Å². The molecule has 1 amide bonds. The minimum atomic E-state index is -3.61. The molecule has 2 aliphatic rings. The Hall–Kier alpha value is -2.29. The molecule has 0 aromatic heterocycles. The molecule has 2 heterocycles. The largest absolute Gasteiger partial charge is 0.309 e. The summed E-state index contributed by atoms with van der Waals surface area (Å²) in [6.45, 7) is 3.07. The highest BCUT2D eigenvalue weighted by atomic mass is 32.2. The molecule has 4 rings (SSSR count). The summed E-state index contributed by atoms with van der Waals surface area (Å²) in [6.07, 6.45) is 0.605. The van der Waals surface area contributed by atoms with Crippen molar-refractivity contribution in [3.8, 4) is 0 Å². The first-order valence-electron chi connectivity index (χ1n) is 9.55. The number of benzene rings is 2. The standard InChI is InChI=1S/C21H24FN3O3S/c1-16-6-8-19(9-7-16)29(27,28)24-11-10-21(14-24)15-25(20(26)13-23(21)2)18-5-3-4-17(22)12-18/h3-9,12H,10-11,13-15H2,1-2H3/t21-/m1/s1. The van der Waals surface area contributed by atoms with Crippen molar-refractivity contribution in [2.75, 3.05) is 38.1 Å². The summed E-state index contributed by atoms with van der Waals surface area (Å²) in [5.74, 6) is -0.526. The lowest BCUT2D eigenvalue weighted by atomic mass is 9.92. The zero-order valence-electron chi connectivity index (χ0n) is 16.5. The third-order valence-electron chi connectivity index (χ3n) is 6.01. The van der Waals surface area contributed by atoms with Crippen LogP contribution in [-0.4, -0.2) is 62.3 Å². The zero-order valence-corrected chi connectivity index (χ0v) is 17.3. The lowest BCUT2D eigenvalue weighted by Gasteiger charge is -2.46. The Bertz CT molecular complexity index is 1040. The van der Waals surface area contributed by atoms with Crippen LogP contribution in [0.25, 0.3) is 0 Å². The molecule has 1 atom stereocenters. The van der Waals surface area contributed by atoms with Gasteiger partial charge in [-0.2, -0.15) is 4.31 Å². The first kappa shape index (κ1) is 20.0. The number of piperazine rings is 1. The molecule has 2 aromatic carbocycles. The van der Waals surface area contributed by atoms with Crippen molar-refractivity contribution in [2.45, 2.75) is 23.8 Å². The average molecular weight is 418 g/mol. The minimum absolute atomic E-state index is 0.122. The number of aryl methyl sites for hydroxylation is 1.